The molecule has 0 radical (unpaired) electrons. The molecule has 1 aromatic carbocycles. The van der Waals surface area contributed by atoms with Crippen LogP contribution < -0.4 is 10.1 Å². The molecule has 2 aromatic heterocycles. The molecule has 14 heteroatoms. The van der Waals surface area contributed by atoms with Crippen molar-refractivity contribution in [2.75, 3.05) is 18.2 Å². The number of nitrogens with zero attached hydrogens (tertiary/aromatic N) is 4. The fraction of sp³-hybridized carbons (Fsp3) is 0.188. The SMILES string of the molecule is COc1ccc([N+](=O)[O-])cc1NC(=O)CSc1nnc2c(Cl)cc(C(F)(F)F)cn12. The number of thioether (sulfide) groups is 1. The lowest BCUT2D eigenvalue weighted by Gasteiger charge is -2.10. The summed E-state index contributed by atoms with van der Waals surface area (Å²) >= 11 is 6.66. The minimum atomic E-state index is -4.63. The molecule has 1 N–H and O–H groups in total. The first-order valence-corrected chi connectivity index (χ1v) is 9.33. The number of halogens is 4. The quantitative estimate of drug-likeness (QED) is 0.335. The number of anilines is 1. The molecular weight excluding hydrogens is 451 g/mol. The number of fused-ring (bicyclic) bond motifs is 1. The number of nitro groups is 1. The Morgan fingerprint density at radius 1 is 1.37 bits per heavy atom. The van der Waals surface area contributed by atoms with Crippen molar-refractivity contribution < 1.29 is 27.6 Å². The van der Waals surface area contributed by atoms with Gasteiger partial charge >= 0.3 is 6.18 Å². The van der Waals surface area contributed by atoms with E-state index >= 15 is 0 Å². The van der Waals surface area contributed by atoms with E-state index in [1.54, 1.807) is 0 Å². The molecule has 158 valence electrons. The van der Waals surface area contributed by atoms with Crippen LogP contribution in [0, 0.1) is 10.1 Å². The molecule has 0 saturated carbocycles. The van der Waals surface area contributed by atoms with Crippen molar-refractivity contribution in [2.24, 2.45) is 0 Å². The molecule has 0 saturated heterocycles. The molecule has 0 unspecified atom stereocenters. The number of amides is 1. The third kappa shape index (κ3) is 4.57. The molecule has 30 heavy (non-hydrogen) atoms. The highest BCUT2D eigenvalue weighted by molar-refractivity contribution is 7.99. The molecule has 0 fully saturated rings. The summed E-state index contributed by atoms with van der Waals surface area (Å²) in [6, 6.07) is 4.41. The Balaban J connectivity index is 1.78. The standard InChI is InChI=1S/C16H11ClF3N5O4S/c1-29-12-3-2-9(25(27)28)5-11(12)21-13(26)7-30-15-23-22-14-10(17)4-8(6-24(14)15)16(18,19)20/h2-6H,7H2,1H3,(H,21,26). The number of rotatable bonds is 6. The second-order valence-electron chi connectivity index (χ2n) is 5.73. The van der Waals surface area contributed by atoms with Gasteiger partial charge in [-0.2, -0.15) is 13.2 Å². The van der Waals surface area contributed by atoms with Gasteiger partial charge in [0.2, 0.25) is 5.91 Å². The average molecular weight is 462 g/mol. The van der Waals surface area contributed by atoms with Crippen LogP contribution in [0.1, 0.15) is 5.56 Å². The number of ether oxygens (including phenoxy) is 1. The van der Waals surface area contributed by atoms with E-state index in [0.29, 0.717) is 0 Å². The Bertz CT molecular complexity index is 1140. The van der Waals surface area contributed by atoms with Crippen LogP contribution in [0.5, 0.6) is 5.75 Å². The summed E-state index contributed by atoms with van der Waals surface area (Å²) in [6.07, 6.45) is -3.84. The van der Waals surface area contributed by atoms with Crippen molar-refractivity contribution in [3.05, 3.63) is 51.2 Å². The zero-order valence-electron chi connectivity index (χ0n) is 14.9. The Morgan fingerprint density at radius 3 is 2.73 bits per heavy atom. The molecule has 0 spiro atoms. The van der Waals surface area contributed by atoms with Crippen LogP contribution in [0.15, 0.2) is 35.6 Å². The number of alkyl halides is 3. The summed E-state index contributed by atoms with van der Waals surface area (Å²) in [5.74, 6) is -0.650. The predicted octanol–water partition coefficient (Wildman–Crippen LogP) is 4.05. The highest BCUT2D eigenvalue weighted by atomic mass is 35.5. The number of methoxy groups -OCH3 is 1. The molecular formula is C16H11ClF3N5O4S. The van der Waals surface area contributed by atoms with Gasteiger partial charge in [0, 0.05) is 18.3 Å². The topological polar surface area (TPSA) is 112 Å². The lowest BCUT2D eigenvalue weighted by Crippen LogP contribution is -2.15. The maximum atomic E-state index is 13.0. The normalized spacial score (nSPS) is 11.5. The smallest absolute Gasteiger partial charge is 0.417 e. The van der Waals surface area contributed by atoms with Gasteiger partial charge in [-0.15, -0.1) is 10.2 Å². The van der Waals surface area contributed by atoms with Crippen molar-refractivity contribution in [2.45, 2.75) is 11.3 Å². The molecule has 9 nitrogen and oxygen atoms in total. The van der Waals surface area contributed by atoms with E-state index in [0.717, 1.165) is 34.5 Å². The maximum Gasteiger partial charge on any atom is 0.417 e. The van der Waals surface area contributed by atoms with E-state index in [2.05, 4.69) is 15.5 Å². The van der Waals surface area contributed by atoms with Crippen LogP contribution in [-0.4, -0.2) is 38.3 Å². The molecule has 0 aliphatic rings. The minimum absolute atomic E-state index is 0.00734. The molecule has 1 amide bonds. The summed E-state index contributed by atoms with van der Waals surface area (Å²) in [5, 5.41) is 20.6. The first-order chi connectivity index (χ1) is 14.1. The van der Waals surface area contributed by atoms with Gasteiger partial charge < -0.3 is 10.1 Å². The maximum absolute atomic E-state index is 13.0. The molecule has 0 aliphatic carbocycles. The molecule has 3 aromatic rings. The number of carbonyl (C=O) groups excluding carboxylic acids is 1. The summed E-state index contributed by atoms with van der Waals surface area (Å²) in [6.45, 7) is 0. The highest BCUT2D eigenvalue weighted by Crippen LogP contribution is 2.33. The second kappa shape index (κ2) is 8.36. The number of carbonyl (C=O) groups is 1. The molecule has 2 heterocycles. The third-order valence-corrected chi connectivity index (χ3v) is 4.98. The number of pyridine rings is 1. The number of nitro benzene ring substituents is 1. The predicted molar refractivity (Wildman–Crippen MR) is 102 cm³/mol. The van der Waals surface area contributed by atoms with Gasteiger partial charge in [0.05, 0.1) is 34.1 Å². The number of benzene rings is 1. The summed E-state index contributed by atoms with van der Waals surface area (Å²) in [7, 11) is 1.33. The van der Waals surface area contributed by atoms with E-state index in [9.17, 15) is 28.1 Å². The van der Waals surface area contributed by atoms with Crippen LogP contribution >= 0.6 is 23.4 Å². The van der Waals surface area contributed by atoms with Crippen LogP contribution in [0.25, 0.3) is 5.65 Å². The van der Waals surface area contributed by atoms with Gasteiger partial charge in [-0.3, -0.25) is 19.3 Å². The Labute approximate surface area is 175 Å². The van der Waals surface area contributed by atoms with Gasteiger partial charge in [-0.1, -0.05) is 23.4 Å². The van der Waals surface area contributed by atoms with Crippen LogP contribution in [0.3, 0.4) is 0 Å². The van der Waals surface area contributed by atoms with Crippen LogP contribution in [0.2, 0.25) is 5.02 Å². The number of non-ortho nitro benzene ring substituents is 1. The van der Waals surface area contributed by atoms with Crippen molar-refractivity contribution in [3.63, 3.8) is 0 Å². The Hall–Kier alpha value is -3.06. The second-order valence-corrected chi connectivity index (χ2v) is 7.08. The minimum Gasteiger partial charge on any atom is -0.495 e. The molecule has 3 rings (SSSR count). The summed E-state index contributed by atoms with van der Waals surface area (Å²) in [4.78, 5) is 22.5. The molecule has 0 bridgehead atoms. The largest absolute Gasteiger partial charge is 0.495 e. The Morgan fingerprint density at radius 2 is 2.10 bits per heavy atom. The van der Waals surface area contributed by atoms with Gasteiger partial charge in [-0.05, 0) is 12.1 Å². The summed E-state index contributed by atoms with van der Waals surface area (Å²) < 4.78 is 45.1. The van der Waals surface area contributed by atoms with Crippen LogP contribution in [0.4, 0.5) is 24.5 Å². The first kappa shape index (κ1) is 21.6. The van der Waals surface area contributed by atoms with Crippen molar-refractivity contribution in [3.8, 4) is 5.75 Å². The lowest BCUT2D eigenvalue weighted by atomic mass is 10.2. The van der Waals surface area contributed by atoms with Gasteiger partial charge in [0.1, 0.15) is 5.75 Å². The fourth-order valence-electron chi connectivity index (χ4n) is 2.41. The number of hydrogen-bond donors (Lipinski definition) is 1. The zero-order chi connectivity index (χ0) is 22.1. The van der Waals surface area contributed by atoms with E-state index in [1.165, 1.54) is 19.2 Å². The lowest BCUT2D eigenvalue weighted by molar-refractivity contribution is -0.384. The van der Waals surface area contributed by atoms with Crippen molar-refractivity contribution >= 4 is 46.3 Å². The molecule has 0 atom stereocenters. The van der Waals surface area contributed by atoms with Gasteiger partial charge in [-0.25, -0.2) is 0 Å². The van der Waals surface area contributed by atoms with E-state index < -0.39 is 22.6 Å². The third-order valence-electron chi connectivity index (χ3n) is 3.76. The number of hydrogen-bond acceptors (Lipinski definition) is 7. The number of aromatic nitrogens is 3. The van der Waals surface area contributed by atoms with Crippen molar-refractivity contribution in [1.82, 2.24) is 14.6 Å². The van der Waals surface area contributed by atoms with E-state index in [4.69, 9.17) is 16.3 Å². The average Bonchev–Trinajstić information content (AvgIpc) is 3.09. The van der Waals surface area contributed by atoms with E-state index in [-0.39, 0.29) is 38.7 Å². The van der Waals surface area contributed by atoms with Crippen LogP contribution in [-0.2, 0) is 11.0 Å². The molecule has 0 aliphatic heterocycles. The summed E-state index contributed by atoms with van der Waals surface area (Å²) in [5.41, 5.74) is -1.16. The highest BCUT2D eigenvalue weighted by Gasteiger charge is 2.32. The van der Waals surface area contributed by atoms with Gasteiger partial charge in [0.15, 0.2) is 10.8 Å². The zero-order valence-corrected chi connectivity index (χ0v) is 16.5. The van der Waals surface area contributed by atoms with Crippen molar-refractivity contribution in [1.29, 1.82) is 0 Å². The fourth-order valence-corrected chi connectivity index (χ4v) is 3.37. The monoisotopic (exact) mass is 461 g/mol. The van der Waals surface area contributed by atoms with E-state index in [1.807, 2.05) is 0 Å². The van der Waals surface area contributed by atoms with Gasteiger partial charge in [0.25, 0.3) is 5.69 Å². The Kier molecular flexibility index (Phi) is 6.03. The number of nitrogens with one attached hydrogen (secondary N) is 1. The first-order valence-electron chi connectivity index (χ1n) is 7.96.